The number of amides is 1. The number of nitrogens with two attached hydrogens (primary N) is 1. The first kappa shape index (κ1) is 14.5. The lowest BCUT2D eigenvalue weighted by molar-refractivity contribution is -0.120. The molecule has 3 unspecified atom stereocenters. The molecule has 1 saturated carbocycles. The molecule has 1 rings (SSSR count). The van der Waals surface area contributed by atoms with E-state index < -0.39 is 0 Å². The van der Waals surface area contributed by atoms with Crippen LogP contribution in [0.5, 0.6) is 0 Å². The second kappa shape index (κ2) is 6.97. The molecule has 0 aromatic heterocycles. The molecule has 4 heteroatoms. The Balaban J connectivity index is 2.45. The maximum atomic E-state index is 11.3. The smallest absolute Gasteiger partial charge is 0.235 e. The molecule has 17 heavy (non-hydrogen) atoms. The quantitative estimate of drug-likeness (QED) is 0.728. The van der Waals surface area contributed by atoms with Gasteiger partial charge >= 0.3 is 0 Å². The van der Waals surface area contributed by atoms with Gasteiger partial charge in [-0.3, -0.25) is 4.79 Å². The average molecular weight is 241 g/mol. The van der Waals surface area contributed by atoms with Gasteiger partial charge in [-0.15, -0.1) is 0 Å². The molecular formula is C13H27N3O. The lowest BCUT2D eigenvalue weighted by Gasteiger charge is -2.35. The van der Waals surface area contributed by atoms with Crippen LogP contribution >= 0.6 is 0 Å². The highest BCUT2D eigenvalue weighted by molar-refractivity contribution is 5.80. The third-order valence-corrected chi connectivity index (χ3v) is 3.80. The minimum atomic E-state index is -0.248. The number of carbonyl (C=O) groups is 1. The van der Waals surface area contributed by atoms with Crippen LogP contribution in [0.25, 0.3) is 0 Å². The van der Waals surface area contributed by atoms with E-state index in [0.717, 1.165) is 19.0 Å². The molecular weight excluding hydrogens is 214 g/mol. The zero-order valence-electron chi connectivity index (χ0n) is 11.4. The van der Waals surface area contributed by atoms with Crippen molar-refractivity contribution in [3.63, 3.8) is 0 Å². The third-order valence-electron chi connectivity index (χ3n) is 3.80. The molecule has 0 bridgehead atoms. The van der Waals surface area contributed by atoms with E-state index >= 15 is 0 Å². The van der Waals surface area contributed by atoms with Crippen molar-refractivity contribution in [3.8, 4) is 0 Å². The van der Waals surface area contributed by atoms with E-state index in [-0.39, 0.29) is 11.9 Å². The van der Waals surface area contributed by atoms with Crippen molar-refractivity contribution in [2.45, 2.75) is 51.6 Å². The zero-order chi connectivity index (χ0) is 12.8. The predicted octanol–water partition coefficient (Wildman–Crippen LogP) is 0.960. The van der Waals surface area contributed by atoms with Crippen LogP contribution in [0.2, 0.25) is 0 Å². The number of primary amides is 1. The first-order chi connectivity index (χ1) is 8.04. The van der Waals surface area contributed by atoms with Crippen LogP contribution < -0.4 is 11.1 Å². The lowest BCUT2D eigenvalue weighted by Crippen LogP contribution is -2.50. The number of likely N-dealkylation sites (N-methyl/N-ethyl adjacent to an activating group) is 2. The van der Waals surface area contributed by atoms with Crippen molar-refractivity contribution in [2.24, 2.45) is 11.7 Å². The van der Waals surface area contributed by atoms with Gasteiger partial charge in [-0.1, -0.05) is 26.7 Å². The Labute approximate surface area is 105 Å². The molecule has 3 N–H and O–H groups in total. The molecule has 0 heterocycles. The number of nitrogens with one attached hydrogen (secondary N) is 1. The van der Waals surface area contributed by atoms with Crippen molar-refractivity contribution in [1.82, 2.24) is 10.2 Å². The van der Waals surface area contributed by atoms with E-state index in [1.165, 1.54) is 25.7 Å². The molecule has 0 aromatic carbocycles. The van der Waals surface area contributed by atoms with E-state index in [2.05, 4.69) is 24.2 Å². The second-order valence-corrected chi connectivity index (χ2v) is 5.38. The summed E-state index contributed by atoms with van der Waals surface area (Å²) in [5.41, 5.74) is 5.40. The fraction of sp³-hybridized carbons (Fsp3) is 0.923. The van der Waals surface area contributed by atoms with Gasteiger partial charge in [0.2, 0.25) is 5.91 Å². The number of hydrogen-bond acceptors (Lipinski definition) is 3. The molecule has 4 nitrogen and oxygen atoms in total. The van der Waals surface area contributed by atoms with E-state index in [1.54, 1.807) is 0 Å². The van der Waals surface area contributed by atoms with Crippen LogP contribution in [0.3, 0.4) is 0 Å². The number of carbonyl (C=O) groups excluding carboxylic acids is 1. The Morgan fingerprint density at radius 1 is 1.53 bits per heavy atom. The fourth-order valence-corrected chi connectivity index (χ4v) is 2.74. The molecule has 0 spiro atoms. The van der Waals surface area contributed by atoms with Crippen LogP contribution in [0.15, 0.2) is 0 Å². The maximum absolute atomic E-state index is 11.3. The molecule has 100 valence electrons. The molecule has 0 aromatic rings. The van der Waals surface area contributed by atoms with Crippen molar-refractivity contribution in [3.05, 3.63) is 0 Å². The van der Waals surface area contributed by atoms with Crippen LogP contribution in [-0.4, -0.2) is 43.0 Å². The van der Waals surface area contributed by atoms with E-state index in [1.807, 2.05) is 6.92 Å². The summed E-state index contributed by atoms with van der Waals surface area (Å²) < 4.78 is 0. The van der Waals surface area contributed by atoms with Gasteiger partial charge < -0.3 is 16.0 Å². The lowest BCUT2D eigenvalue weighted by atomic mass is 9.86. The summed E-state index contributed by atoms with van der Waals surface area (Å²) in [4.78, 5) is 13.6. The summed E-state index contributed by atoms with van der Waals surface area (Å²) in [7, 11) is 2.11. The summed E-state index contributed by atoms with van der Waals surface area (Å²) in [6, 6.07) is 0.390. The van der Waals surface area contributed by atoms with Crippen molar-refractivity contribution in [1.29, 1.82) is 0 Å². The van der Waals surface area contributed by atoms with E-state index in [0.29, 0.717) is 6.04 Å². The molecule has 0 radical (unpaired) electrons. The molecule has 0 saturated heterocycles. The summed E-state index contributed by atoms with van der Waals surface area (Å²) >= 11 is 0. The van der Waals surface area contributed by atoms with Crippen LogP contribution in [0.1, 0.15) is 39.5 Å². The third kappa shape index (κ3) is 4.64. The average Bonchev–Trinajstić information content (AvgIpc) is 2.28. The van der Waals surface area contributed by atoms with Gasteiger partial charge in [-0.25, -0.2) is 0 Å². The standard InChI is InChI=1S/C13H27N3O/c1-4-15-12(13(14)17)9-16(3)11-7-5-6-10(2)8-11/h10-12,15H,4-9H2,1-3H3,(H2,14,17). The van der Waals surface area contributed by atoms with Crippen molar-refractivity contribution < 1.29 is 4.79 Å². The largest absolute Gasteiger partial charge is 0.368 e. The van der Waals surface area contributed by atoms with E-state index in [9.17, 15) is 4.79 Å². The highest BCUT2D eigenvalue weighted by Crippen LogP contribution is 2.26. The number of nitrogens with zero attached hydrogens (tertiary/aromatic N) is 1. The van der Waals surface area contributed by atoms with Gasteiger partial charge in [0.25, 0.3) is 0 Å². The molecule has 0 aliphatic heterocycles. The van der Waals surface area contributed by atoms with Gasteiger partial charge in [0, 0.05) is 12.6 Å². The fourth-order valence-electron chi connectivity index (χ4n) is 2.74. The van der Waals surface area contributed by atoms with Gasteiger partial charge in [0.1, 0.15) is 0 Å². The predicted molar refractivity (Wildman–Crippen MR) is 70.7 cm³/mol. The Kier molecular flexibility index (Phi) is 5.92. The molecule has 1 aliphatic rings. The van der Waals surface area contributed by atoms with E-state index in [4.69, 9.17) is 5.73 Å². The summed E-state index contributed by atoms with van der Waals surface area (Å²) in [5.74, 6) is 0.560. The monoisotopic (exact) mass is 241 g/mol. The minimum absolute atomic E-state index is 0.220. The normalized spacial score (nSPS) is 27.1. The Bertz CT molecular complexity index is 245. The van der Waals surface area contributed by atoms with Gasteiger partial charge in [0.15, 0.2) is 0 Å². The molecule has 1 fully saturated rings. The molecule has 3 atom stereocenters. The number of hydrogen-bond donors (Lipinski definition) is 2. The van der Waals surface area contributed by atoms with Gasteiger partial charge in [-0.05, 0) is 32.4 Å². The van der Waals surface area contributed by atoms with Crippen LogP contribution in [0, 0.1) is 5.92 Å². The summed E-state index contributed by atoms with van der Waals surface area (Å²) in [5, 5.41) is 3.15. The Morgan fingerprint density at radius 2 is 2.24 bits per heavy atom. The van der Waals surface area contributed by atoms with Crippen molar-refractivity contribution in [2.75, 3.05) is 20.1 Å². The van der Waals surface area contributed by atoms with Gasteiger partial charge in [0.05, 0.1) is 6.04 Å². The number of rotatable bonds is 6. The zero-order valence-corrected chi connectivity index (χ0v) is 11.4. The molecule has 1 aliphatic carbocycles. The topological polar surface area (TPSA) is 58.4 Å². The first-order valence-electron chi connectivity index (χ1n) is 6.77. The SMILES string of the molecule is CCNC(CN(C)C1CCCC(C)C1)C(N)=O. The first-order valence-corrected chi connectivity index (χ1v) is 6.77. The van der Waals surface area contributed by atoms with Crippen LogP contribution in [-0.2, 0) is 4.79 Å². The second-order valence-electron chi connectivity index (χ2n) is 5.38. The Morgan fingerprint density at radius 3 is 2.76 bits per heavy atom. The van der Waals surface area contributed by atoms with Crippen LogP contribution in [0.4, 0.5) is 0 Å². The maximum Gasteiger partial charge on any atom is 0.235 e. The minimum Gasteiger partial charge on any atom is -0.368 e. The van der Waals surface area contributed by atoms with Crippen molar-refractivity contribution >= 4 is 5.91 Å². The Hall–Kier alpha value is -0.610. The molecule has 1 amide bonds. The summed E-state index contributed by atoms with van der Waals surface area (Å²) in [6.07, 6.45) is 5.14. The highest BCUT2D eigenvalue weighted by Gasteiger charge is 2.25. The summed E-state index contributed by atoms with van der Waals surface area (Å²) in [6.45, 7) is 5.82. The highest BCUT2D eigenvalue weighted by atomic mass is 16.1. The van der Waals surface area contributed by atoms with Gasteiger partial charge in [-0.2, -0.15) is 0 Å².